The van der Waals surface area contributed by atoms with Crippen LogP contribution >= 0.6 is 0 Å². The number of hydrogen-bond acceptors (Lipinski definition) is 3. The van der Waals surface area contributed by atoms with Gasteiger partial charge in [-0.3, -0.25) is 10.00 Å². The number of aromatic nitrogens is 3. The van der Waals surface area contributed by atoms with Crippen molar-refractivity contribution in [2.24, 2.45) is 5.92 Å². The molecule has 2 heterocycles. The molecule has 0 bridgehead atoms. The summed E-state index contributed by atoms with van der Waals surface area (Å²) in [6, 6.07) is 0.413. The molecule has 0 aromatic carbocycles. The highest BCUT2D eigenvalue weighted by molar-refractivity contribution is 4.98. The zero-order valence-corrected chi connectivity index (χ0v) is 11.9. The maximum absolute atomic E-state index is 4.69. The molecule has 1 aromatic heterocycles. The summed E-state index contributed by atoms with van der Waals surface area (Å²) in [4.78, 5) is 7.21. The highest BCUT2D eigenvalue weighted by Crippen LogP contribution is 2.25. The molecule has 1 N–H and O–H groups in total. The SMILES string of the molecule is CC[C@@H](c1n[nH]c(CCC(C)C)n1)N1CCCC1. The van der Waals surface area contributed by atoms with E-state index in [9.17, 15) is 0 Å². The van der Waals surface area contributed by atoms with Crippen LogP contribution in [-0.2, 0) is 6.42 Å². The fourth-order valence-corrected chi connectivity index (χ4v) is 2.65. The van der Waals surface area contributed by atoms with E-state index in [2.05, 4.69) is 40.9 Å². The van der Waals surface area contributed by atoms with E-state index in [1.54, 1.807) is 0 Å². The minimum absolute atomic E-state index is 0.413. The van der Waals surface area contributed by atoms with Gasteiger partial charge in [-0.25, -0.2) is 4.98 Å². The third-order valence-corrected chi connectivity index (χ3v) is 3.77. The van der Waals surface area contributed by atoms with Crippen LogP contribution in [-0.4, -0.2) is 33.2 Å². The minimum atomic E-state index is 0.413. The molecular weight excluding hydrogens is 224 g/mol. The second-order valence-corrected chi connectivity index (χ2v) is 5.74. The Labute approximate surface area is 110 Å². The van der Waals surface area contributed by atoms with E-state index in [4.69, 9.17) is 0 Å². The van der Waals surface area contributed by atoms with Crippen LogP contribution in [0.4, 0.5) is 0 Å². The van der Waals surface area contributed by atoms with E-state index in [1.807, 2.05) is 0 Å². The van der Waals surface area contributed by atoms with Gasteiger partial charge >= 0.3 is 0 Å². The van der Waals surface area contributed by atoms with Crippen LogP contribution in [0.25, 0.3) is 0 Å². The van der Waals surface area contributed by atoms with Crippen molar-refractivity contribution in [1.82, 2.24) is 20.1 Å². The molecule has 1 aromatic rings. The van der Waals surface area contributed by atoms with E-state index in [-0.39, 0.29) is 0 Å². The average Bonchev–Trinajstić information content (AvgIpc) is 2.99. The van der Waals surface area contributed by atoms with E-state index in [1.165, 1.54) is 32.4 Å². The summed E-state index contributed by atoms with van der Waals surface area (Å²) in [5.74, 6) is 2.77. The fraction of sp³-hybridized carbons (Fsp3) is 0.857. The number of aromatic amines is 1. The quantitative estimate of drug-likeness (QED) is 0.844. The smallest absolute Gasteiger partial charge is 0.167 e. The van der Waals surface area contributed by atoms with Gasteiger partial charge in [0.2, 0.25) is 0 Å². The van der Waals surface area contributed by atoms with Gasteiger partial charge in [-0.1, -0.05) is 20.8 Å². The Hall–Kier alpha value is -0.900. The monoisotopic (exact) mass is 250 g/mol. The van der Waals surface area contributed by atoms with E-state index >= 15 is 0 Å². The van der Waals surface area contributed by atoms with Gasteiger partial charge in [0.05, 0.1) is 6.04 Å². The van der Waals surface area contributed by atoms with Gasteiger partial charge in [-0.2, -0.15) is 5.10 Å². The number of nitrogens with zero attached hydrogens (tertiary/aromatic N) is 3. The van der Waals surface area contributed by atoms with Gasteiger partial charge in [0.1, 0.15) is 5.82 Å². The molecule has 4 nitrogen and oxygen atoms in total. The van der Waals surface area contributed by atoms with Crippen molar-refractivity contribution in [2.45, 2.75) is 58.9 Å². The first-order valence-corrected chi connectivity index (χ1v) is 7.36. The third kappa shape index (κ3) is 3.31. The summed E-state index contributed by atoms with van der Waals surface area (Å²) >= 11 is 0. The predicted molar refractivity (Wildman–Crippen MR) is 73.4 cm³/mol. The fourth-order valence-electron chi connectivity index (χ4n) is 2.65. The maximum atomic E-state index is 4.69. The lowest BCUT2D eigenvalue weighted by atomic mass is 10.1. The lowest BCUT2D eigenvalue weighted by molar-refractivity contribution is 0.230. The van der Waals surface area contributed by atoms with Crippen LogP contribution in [0.15, 0.2) is 0 Å². The van der Waals surface area contributed by atoms with Crippen molar-refractivity contribution in [3.05, 3.63) is 11.6 Å². The molecule has 0 unspecified atom stereocenters. The first-order chi connectivity index (χ1) is 8.70. The van der Waals surface area contributed by atoms with Crippen LogP contribution in [0.5, 0.6) is 0 Å². The number of H-pyrrole nitrogens is 1. The van der Waals surface area contributed by atoms with Crippen molar-refractivity contribution in [3.8, 4) is 0 Å². The van der Waals surface area contributed by atoms with Crippen LogP contribution in [0.1, 0.15) is 64.1 Å². The lowest BCUT2D eigenvalue weighted by Gasteiger charge is -2.23. The van der Waals surface area contributed by atoms with Gasteiger partial charge in [0.25, 0.3) is 0 Å². The molecule has 4 heteroatoms. The predicted octanol–water partition coefficient (Wildman–Crippen LogP) is 2.94. The zero-order valence-electron chi connectivity index (χ0n) is 11.9. The Kier molecular flexibility index (Phi) is 4.75. The van der Waals surface area contributed by atoms with Gasteiger partial charge in [0, 0.05) is 6.42 Å². The van der Waals surface area contributed by atoms with Crippen LogP contribution in [0.2, 0.25) is 0 Å². The molecule has 18 heavy (non-hydrogen) atoms. The molecule has 0 amide bonds. The molecular formula is C14H26N4. The second kappa shape index (κ2) is 6.32. The molecule has 0 saturated carbocycles. The number of nitrogens with one attached hydrogen (secondary N) is 1. The lowest BCUT2D eigenvalue weighted by Crippen LogP contribution is -2.26. The van der Waals surface area contributed by atoms with Gasteiger partial charge in [0.15, 0.2) is 5.82 Å². The molecule has 0 radical (unpaired) electrons. The van der Waals surface area contributed by atoms with E-state index in [0.717, 1.165) is 30.4 Å². The van der Waals surface area contributed by atoms with Crippen LogP contribution < -0.4 is 0 Å². The average molecular weight is 250 g/mol. The molecule has 1 aliphatic rings. The molecule has 0 aliphatic carbocycles. The highest BCUT2D eigenvalue weighted by atomic mass is 15.3. The van der Waals surface area contributed by atoms with Gasteiger partial charge in [-0.05, 0) is 44.7 Å². The number of likely N-dealkylation sites (tertiary alicyclic amines) is 1. The van der Waals surface area contributed by atoms with Crippen molar-refractivity contribution in [2.75, 3.05) is 13.1 Å². The molecule has 1 atom stereocenters. The first-order valence-electron chi connectivity index (χ1n) is 7.36. The second-order valence-electron chi connectivity index (χ2n) is 5.74. The third-order valence-electron chi connectivity index (χ3n) is 3.77. The van der Waals surface area contributed by atoms with Crippen LogP contribution in [0.3, 0.4) is 0 Å². The topological polar surface area (TPSA) is 44.8 Å². The Bertz CT molecular complexity index is 352. The largest absolute Gasteiger partial charge is 0.293 e. The van der Waals surface area contributed by atoms with Crippen molar-refractivity contribution < 1.29 is 0 Å². The summed E-state index contributed by atoms with van der Waals surface area (Å²) in [5.41, 5.74) is 0. The highest BCUT2D eigenvalue weighted by Gasteiger charge is 2.25. The summed E-state index contributed by atoms with van der Waals surface area (Å²) < 4.78 is 0. The molecule has 102 valence electrons. The molecule has 1 aliphatic heterocycles. The summed E-state index contributed by atoms with van der Waals surface area (Å²) in [7, 11) is 0. The van der Waals surface area contributed by atoms with Crippen molar-refractivity contribution >= 4 is 0 Å². The molecule has 1 saturated heterocycles. The van der Waals surface area contributed by atoms with Gasteiger partial charge in [-0.15, -0.1) is 0 Å². The minimum Gasteiger partial charge on any atom is -0.293 e. The molecule has 0 spiro atoms. The number of aryl methyl sites for hydroxylation is 1. The molecule has 2 rings (SSSR count). The normalized spacial score (nSPS) is 18.7. The standard InChI is InChI=1S/C14H26N4/c1-4-12(18-9-5-6-10-18)14-15-13(16-17-14)8-7-11(2)3/h11-12H,4-10H2,1-3H3,(H,15,16,17)/t12-/m0/s1. The van der Waals surface area contributed by atoms with E-state index in [0.29, 0.717) is 6.04 Å². The summed E-state index contributed by atoms with van der Waals surface area (Å²) in [6.45, 7) is 9.13. The first kappa shape index (κ1) is 13.5. The van der Waals surface area contributed by atoms with E-state index < -0.39 is 0 Å². The zero-order chi connectivity index (χ0) is 13.0. The molecule has 1 fully saturated rings. The van der Waals surface area contributed by atoms with Crippen molar-refractivity contribution in [1.29, 1.82) is 0 Å². The maximum Gasteiger partial charge on any atom is 0.167 e. The number of rotatable bonds is 6. The van der Waals surface area contributed by atoms with Crippen LogP contribution in [0, 0.1) is 5.92 Å². The van der Waals surface area contributed by atoms with Gasteiger partial charge < -0.3 is 0 Å². The van der Waals surface area contributed by atoms with Crippen molar-refractivity contribution in [3.63, 3.8) is 0 Å². The number of hydrogen-bond donors (Lipinski definition) is 1. The Morgan fingerprint density at radius 1 is 1.28 bits per heavy atom. The Balaban J connectivity index is 1.98. The Morgan fingerprint density at radius 2 is 2.00 bits per heavy atom. The summed E-state index contributed by atoms with van der Waals surface area (Å²) in [5, 5.41) is 7.54. The summed E-state index contributed by atoms with van der Waals surface area (Å²) in [6.07, 6.45) is 5.93. The Morgan fingerprint density at radius 3 is 2.61 bits per heavy atom.